The smallest absolute Gasteiger partial charge is 0.414 e. The van der Waals surface area contributed by atoms with Crippen molar-refractivity contribution in [3.63, 3.8) is 0 Å². The maximum atomic E-state index is 13.9. The third-order valence-electron chi connectivity index (χ3n) is 7.90. The summed E-state index contributed by atoms with van der Waals surface area (Å²) in [5.74, 6) is -1.27. The molecular weight excluding hydrogens is 614 g/mol. The fourth-order valence-corrected chi connectivity index (χ4v) is 5.89. The van der Waals surface area contributed by atoms with Gasteiger partial charge in [0, 0.05) is 41.2 Å². The van der Waals surface area contributed by atoms with Gasteiger partial charge in [0.05, 0.1) is 25.4 Å². The summed E-state index contributed by atoms with van der Waals surface area (Å²) >= 11 is 3.47. The van der Waals surface area contributed by atoms with Crippen molar-refractivity contribution < 1.29 is 29.3 Å². The second-order valence-electron chi connectivity index (χ2n) is 10.7. The van der Waals surface area contributed by atoms with E-state index in [1.54, 1.807) is 45.9 Å². The zero-order valence-electron chi connectivity index (χ0n) is 23.9. The summed E-state index contributed by atoms with van der Waals surface area (Å²) < 4.78 is 5.75. The van der Waals surface area contributed by atoms with Crippen LogP contribution in [-0.2, 0) is 33.0 Å². The van der Waals surface area contributed by atoms with Gasteiger partial charge in [-0.1, -0.05) is 77.5 Å². The van der Waals surface area contributed by atoms with Crippen LogP contribution >= 0.6 is 15.9 Å². The third-order valence-corrected chi connectivity index (χ3v) is 8.39. The van der Waals surface area contributed by atoms with E-state index in [-0.39, 0.29) is 38.1 Å². The lowest BCUT2D eigenvalue weighted by Gasteiger charge is -2.28. The topological polar surface area (TPSA) is 111 Å². The van der Waals surface area contributed by atoms with E-state index < -0.39 is 17.4 Å². The molecule has 10 heteroatoms. The van der Waals surface area contributed by atoms with Crippen LogP contribution in [0.2, 0.25) is 0 Å². The quantitative estimate of drug-likeness (QED) is 0.291. The highest BCUT2D eigenvalue weighted by Gasteiger charge is 2.52. The Balaban J connectivity index is 1.31. The average molecular weight is 649 g/mol. The van der Waals surface area contributed by atoms with Gasteiger partial charge in [0.15, 0.2) is 5.60 Å². The van der Waals surface area contributed by atoms with Gasteiger partial charge in [-0.05, 0) is 41.5 Å². The fourth-order valence-electron chi connectivity index (χ4n) is 5.53. The number of rotatable bonds is 11. The summed E-state index contributed by atoms with van der Waals surface area (Å²) in [6.45, 7) is 3.26. The number of carbonyl (C=O) groups excluding carboxylic acids is 3. The van der Waals surface area contributed by atoms with Crippen LogP contribution in [0.15, 0.2) is 89.4 Å². The van der Waals surface area contributed by atoms with E-state index in [4.69, 9.17) is 4.74 Å². The van der Waals surface area contributed by atoms with Crippen LogP contribution in [-0.4, -0.2) is 59.3 Å². The Bertz CT molecular complexity index is 1510. The van der Waals surface area contributed by atoms with E-state index in [1.807, 2.05) is 60.7 Å². The molecule has 1 saturated heterocycles. The van der Waals surface area contributed by atoms with Gasteiger partial charge in [-0.15, -0.1) is 0 Å². The highest BCUT2D eigenvalue weighted by molar-refractivity contribution is 9.10. The number of anilines is 2. The zero-order chi connectivity index (χ0) is 30.6. The lowest BCUT2D eigenvalue weighted by molar-refractivity contribution is -0.139. The highest BCUT2D eigenvalue weighted by atomic mass is 79.9. The Hall–Kier alpha value is -3.99. The molecule has 5 rings (SSSR count). The molecule has 2 heterocycles. The first-order chi connectivity index (χ1) is 20.7. The summed E-state index contributed by atoms with van der Waals surface area (Å²) in [4.78, 5) is 43.5. The number of aliphatic hydroxyl groups is 2. The van der Waals surface area contributed by atoms with Crippen molar-refractivity contribution in [2.45, 2.75) is 32.0 Å². The van der Waals surface area contributed by atoms with Crippen molar-refractivity contribution in [1.82, 2.24) is 4.90 Å². The molecule has 0 bridgehead atoms. The maximum Gasteiger partial charge on any atom is 0.414 e. The summed E-state index contributed by atoms with van der Waals surface area (Å²) in [5.41, 5.74) is 1.76. The molecule has 3 amide bonds. The molecule has 3 aromatic rings. The molecule has 0 saturated carbocycles. The highest BCUT2D eigenvalue weighted by Crippen LogP contribution is 2.46. The fraction of sp³-hybridized carbons (Fsp3) is 0.303. The van der Waals surface area contributed by atoms with E-state index in [0.29, 0.717) is 30.9 Å². The lowest BCUT2D eigenvalue weighted by atomic mass is 9.83. The maximum absolute atomic E-state index is 13.9. The van der Waals surface area contributed by atoms with Gasteiger partial charge >= 0.3 is 6.09 Å². The number of benzene rings is 3. The molecule has 2 N–H and O–H groups in total. The first kappa shape index (κ1) is 30.5. The second kappa shape index (κ2) is 13.1. The standard InChI is InChI=1S/C33H34BrN3O6/c1-23(6-5-9-30(39)35(16-18-38)21-24-7-3-2-4-8-24)33(42)28-20-26(34)12-15-29(28)37(31(33)40)22-25-10-13-27(14-11-25)36-17-19-43-32(36)41/h2-8,10-15,20,23,38,42H,9,16-19,21-22H2,1H3/b6-5+/t23-,33+/m0/s1. The number of cyclic esters (lactones) is 1. The zero-order valence-corrected chi connectivity index (χ0v) is 25.4. The molecule has 0 unspecified atom stereocenters. The van der Waals surface area contributed by atoms with Crippen molar-refractivity contribution in [3.05, 3.63) is 106 Å². The van der Waals surface area contributed by atoms with Crippen LogP contribution in [0.1, 0.15) is 30.0 Å². The summed E-state index contributed by atoms with van der Waals surface area (Å²) in [6.07, 6.45) is 3.06. The third kappa shape index (κ3) is 6.36. The van der Waals surface area contributed by atoms with Crippen molar-refractivity contribution in [3.8, 4) is 0 Å². The number of halogens is 1. The summed E-state index contributed by atoms with van der Waals surface area (Å²) in [5, 5.41) is 21.5. The van der Waals surface area contributed by atoms with Crippen LogP contribution in [0.5, 0.6) is 0 Å². The van der Waals surface area contributed by atoms with E-state index in [2.05, 4.69) is 15.9 Å². The normalized spacial score (nSPS) is 18.7. The monoisotopic (exact) mass is 647 g/mol. The van der Waals surface area contributed by atoms with Gasteiger partial charge in [0.1, 0.15) is 6.61 Å². The van der Waals surface area contributed by atoms with Crippen LogP contribution < -0.4 is 9.80 Å². The van der Waals surface area contributed by atoms with E-state index in [1.165, 1.54) is 0 Å². The van der Waals surface area contributed by atoms with Crippen LogP contribution in [0.4, 0.5) is 16.2 Å². The largest absolute Gasteiger partial charge is 0.447 e. The average Bonchev–Trinajstić information content (AvgIpc) is 3.53. The van der Waals surface area contributed by atoms with Gasteiger partial charge in [-0.25, -0.2) is 4.79 Å². The Morgan fingerprint density at radius 2 is 1.84 bits per heavy atom. The first-order valence-electron chi connectivity index (χ1n) is 14.2. The van der Waals surface area contributed by atoms with Gasteiger partial charge in [0.25, 0.3) is 5.91 Å². The predicted octanol–water partition coefficient (Wildman–Crippen LogP) is 4.74. The van der Waals surface area contributed by atoms with E-state index >= 15 is 0 Å². The van der Waals surface area contributed by atoms with Crippen molar-refractivity contribution in [1.29, 1.82) is 0 Å². The minimum Gasteiger partial charge on any atom is -0.447 e. The van der Waals surface area contributed by atoms with Crippen LogP contribution in [0, 0.1) is 5.92 Å². The predicted molar refractivity (Wildman–Crippen MR) is 166 cm³/mol. The lowest BCUT2D eigenvalue weighted by Crippen LogP contribution is -2.44. The van der Waals surface area contributed by atoms with Crippen LogP contribution in [0.3, 0.4) is 0 Å². The molecular formula is C33H34BrN3O6. The van der Waals surface area contributed by atoms with Crippen molar-refractivity contribution >= 4 is 45.2 Å². The molecule has 1 fully saturated rings. The number of hydrogen-bond donors (Lipinski definition) is 2. The molecule has 3 aromatic carbocycles. The van der Waals surface area contributed by atoms with E-state index in [9.17, 15) is 24.6 Å². The minimum atomic E-state index is -1.84. The summed E-state index contributed by atoms with van der Waals surface area (Å²) in [7, 11) is 0. The second-order valence-corrected chi connectivity index (χ2v) is 11.6. The molecule has 224 valence electrons. The van der Waals surface area contributed by atoms with E-state index in [0.717, 1.165) is 21.3 Å². The van der Waals surface area contributed by atoms with Crippen molar-refractivity contribution in [2.24, 2.45) is 5.92 Å². The molecule has 0 spiro atoms. The number of carbonyl (C=O) groups is 3. The SMILES string of the molecule is C[C@@H](/C=C/CC(=O)N(CCO)Cc1ccccc1)[C@]1(O)C(=O)N(Cc2ccc(N3CCOC3=O)cc2)c2ccc(Br)cc21. The molecule has 0 aliphatic carbocycles. The van der Waals surface area contributed by atoms with Crippen LogP contribution in [0.25, 0.3) is 0 Å². The molecule has 43 heavy (non-hydrogen) atoms. The Kier molecular flexibility index (Phi) is 9.29. The number of aliphatic hydroxyl groups excluding tert-OH is 1. The van der Waals surface area contributed by atoms with Crippen molar-refractivity contribution in [2.75, 3.05) is 36.1 Å². The first-order valence-corrected chi connectivity index (χ1v) is 15.0. The molecule has 0 aromatic heterocycles. The Morgan fingerprint density at radius 1 is 1.09 bits per heavy atom. The number of amides is 3. The Morgan fingerprint density at radius 3 is 2.51 bits per heavy atom. The van der Waals surface area contributed by atoms with Gasteiger partial charge in [-0.3, -0.25) is 14.5 Å². The van der Waals surface area contributed by atoms with Gasteiger partial charge in [-0.2, -0.15) is 0 Å². The molecule has 2 aliphatic heterocycles. The molecule has 2 aliphatic rings. The van der Waals surface area contributed by atoms with Gasteiger partial charge < -0.3 is 24.7 Å². The number of ether oxygens (including phenoxy) is 1. The molecule has 9 nitrogen and oxygen atoms in total. The molecule has 0 radical (unpaired) electrons. The van der Waals surface area contributed by atoms with Gasteiger partial charge in [0.2, 0.25) is 5.91 Å². The number of hydrogen-bond acceptors (Lipinski definition) is 6. The minimum absolute atomic E-state index is 0.0629. The number of nitrogens with zero attached hydrogens (tertiary/aromatic N) is 3. The number of fused-ring (bicyclic) bond motifs is 1. The summed E-state index contributed by atoms with van der Waals surface area (Å²) in [6, 6.07) is 22.3. The Labute approximate surface area is 259 Å². The molecule has 2 atom stereocenters.